The van der Waals surface area contributed by atoms with Gasteiger partial charge in [0, 0.05) is 28.8 Å². The molecule has 4 heteroatoms. The van der Waals surface area contributed by atoms with E-state index in [0.29, 0.717) is 5.92 Å². The fourth-order valence-electron chi connectivity index (χ4n) is 2.53. The highest BCUT2D eigenvalue weighted by molar-refractivity contribution is 5.95. The second-order valence-corrected chi connectivity index (χ2v) is 5.02. The Kier molecular flexibility index (Phi) is 2.12. The number of aromatic hydroxyl groups is 1. The van der Waals surface area contributed by atoms with E-state index in [1.165, 1.54) is 18.5 Å². The number of phenolic OH excluding ortho intramolecular Hbond substituents is 1. The molecule has 0 bridgehead atoms. The van der Waals surface area contributed by atoms with Crippen LogP contribution in [0.2, 0.25) is 0 Å². The summed E-state index contributed by atoms with van der Waals surface area (Å²) in [5, 5.41) is 18.2. The number of pyridine rings is 1. The zero-order valence-corrected chi connectivity index (χ0v) is 10.3. The SMILES string of the molecule is Oc1cccc(-c2nccc3n[nH]c(C4CC4)c23)c1. The van der Waals surface area contributed by atoms with Crippen molar-refractivity contribution in [1.29, 1.82) is 0 Å². The molecule has 0 saturated heterocycles. The van der Waals surface area contributed by atoms with Gasteiger partial charge in [-0.25, -0.2) is 0 Å². The van der Waals surface area contributed by atoms with E-state index < -0.39 is 0 Å². The Morgan fingerprint density at radius 2 is 2.11 bits per heavy atom. The molecule has 2 aromatic heterocycles. The number of hydrogen-bond acceptors (Lipinski definition) is 3. The second kappa shape index (κ2) is 3.82. The van der Waals surface area contributed by atoms with Crippen molar-refractivity contribution in [3.8, 4) is 17.0 Å². The average Bonchev–Trinajstić information content (AvgIpc) is 3.18. The molecule has 0 aliphatic heterocycles. The van der Waals surface area contributed by atoms with Crippen LogP contribution in [0.1, 0.15) is 24.5 Å². The number of fused-ring (bicyclic) bond motifs is 1. The van der Waals surface area contributed by atoms with E-state index in [1.54, 1.807) is 18.3 Å². The van der Waals surface area contributed by atoms with Crippen LogP contribution in [-0.2, 0) is 0 Å². The monoisotopic (exact) mass is 251 g/mol. The molecule has 4 nitrogen and oxygen atoms in total. The fourth-order valence-corrected chi connectivity index (χ4v) is 2.53. The number of phenols is 1. The molecule has 19 heavy (non-hydrogen) atoms. The number of aromatic amines is 1. The largest absolute Gasteiger partial charge is 0.508 e. The molecule has 0 unspecified atom stereocenters. The molecule has 0 atom stereocenters. The van der Waals surface area contributed by atoms with E-state index in [9.17, 15) is 5.11 Å². The Balaban J connectivity index is 2.00. The quantitative estimate of drug-likeness (QED) is 0.735. The summed E-state index contributed by atoms with van der Waals surface area (Å²) >= 11 is 0. The van der Waals surface area contributed by atoms with E-state index in [4.69, 9.17) is 0 Å². The highest BCUT2D eigenvalue weighted by Crippen LogP contribution is 2.43. The van der Waals surface area contributed by atoms with Crippen molar-refractivity contribution in [2.24, 2.45) is 0 Å². The first-order valence-electron chi connectivity index (χ1n) is 6.45. The third-order valence-corrected chi connectivity index (χ3v) is 3.60. The van der Waals surface area contributed by atoms with Crippen LogP contribution in [0, 0.1) is 0 Å². The van der Waals surface area contributed by atoms with Gasteiger partial charge in [-0.15, -0.1) is 0 Å². The first kappa shape index (κ1) is 10.6. The van der Waals surface area contributed by atoms with E-state index in [1.807, 2.05) is 18.2 Å². The summed E-state index contributed by atoms with van der Waals surface area (Å²) in [6.45, 7) is 0. The number of rotatable bonds is 2. The lowest BCUT2D eigenvalue weighted by Gasteiger charge is -2.04. The molecule has 1 fully saturated rings. The smallest absolute Gasteiger partial charge is 0.116 e. The van der Waals surface area contributed by atoms with Crippen LogP contribution < -0.4 is 0 Å². The molecule has 3 aromatic rings. The van der Waals surface area contributed by atoms with Gasteiger partial charge < -0.3 is 5.11 Å². The van der Waals surface area contributed by atoms with Crippen LogP contribution in [0.3, 0.4) is 0 Å². The standard InChI is InChI=1S/C15H13N3O/c19-11-3-1-2-10(8-11)14-13-12(6-7-16-14)17-18-15(13)9-4-5-9/h1-3,6-9,19H,4-5H2,(H,17,18). The molecule has 2 heterocycles. The maximum absolute atomic E-state index is 9.64. The summed E-state index contributed by atoms with van der Waals surface area (Å²) in [6.07, 6.45) is 4.19. The van der Waals surface area contributed by atoms with E-state index in [-0.39, 0.29) is 5.75 Å². The molecule has 0 amide bonds. The lowest BCUT2D eigenvalue weighted by Crippen LogP contribution is -1.87. The van der Waals surface area contributed by atoms with Gasteiger partial charge in [-0.1, -0.05) is 12.1 Å². The van der Waals surface area contributed by atoms with Crippen LogP contribution in [0.15, 0.2) is 36.5 Å². The number of H-pyrrole nitrogens is 1. The van der Waals surface area contributed by atoms with Crippen molar-refractivity contribution in [1.82, 2.24) is 15.2 Å². The van der Waals surface area contributed by atoms with Gasteiger partial charge in [0.1, 0.15) is 5.75 Å². The van der Waals surface area contributed by atoms with Crippen molar-refractivity contribution < 1.29 is 5.11 Å². The molecule has 1 saturated carbocycles. The Hall–Kier alpha value is -2.36. The summed E-state index contributed by atoms with van der Waals surface area (Å²) in [5.41, 5.74) is 3.94. The molecule has 0 spiro atoms. The molecular weight excluding hydrogens is 238 g/mol. The van der Waals surface area contributed by atoms with Crippen LogP contribution in [0.5, 0.6) is 5.75 Å². The van der Waals surface area contributed by atoms with Crippen molar-refractivity contribution in [2.45, 2.75) is 18.8 Å². The van der Waals surface area contributed by atoms with E-state index in [2.05, 4.69) is 15.2 Å². The van der Waals surface area contributed by atoms with Gasteiger partial charge in [-0.05, 0) is 31.0 Å². The fraction of sp³-hybridized carbons (Fsp3) is 0.200. The van der Waals surface area contributed by atoms with E-state index >= 15 is 0 Å². The minimum atomic E-state index is 0.257. The number of benzene rings is 1. The number of aromatic nitrogens is 3. The molecular formula is C15H13N3O. The summed E-state index contributed by atoms with van der Waals surface area (Å²) in [4.78, 5) is 4.49. The summed E-state index contributed by atoms with van der Waals surface area (Å²) < 4.78 is 0. The summed E-state index contributed by atoms with van der Waals surface area (Å²) in [6, 6.07) is 9.13. The van der Waals surface area contributed by atoms with Crippen molar-refractivity contribution >= 4 is 10.9 Å². The minimum absolute atomic E-state index is 0.257. The Morgan fingerprint density at radius 3 is 2.89 bits per heavy atom. The van der Waals surface area contributed by atoms with Crippen LogP contribution in [-0.4, -0.2) is 20.3 Å². The van der Waals surface area contributed by atoms with Gasteiger partial charge in [0.2, 0.25) is 0 Å². The van der Waals surface area contributed by atoms with Crippen LogP contribution in [0.4, 0.5) is 0 Å². The van der Waals surface area contributed by atoms with Crippen LogP contribution >= 0.6 is 0 Å². The lowest BCUT2D eigenvalue weighted by atomic mass is 10.0. The van der Waals surface area contributed by atoms with E-state index in [0.717, 1.165) is 22.2 Å². The second-order valence-electron chi connectivity index (χ2n) is 5.02. The van der Waals surface area contributed by atoms with Gasteiger partial charge in [0.15, 0.2) is 0 Å². The molecule has 1 aliphatic carbocycles. The Labute approximate surface area is 110 Å². The minimum Gasteiger partial charge on any atom is -0.508 e. The third-order valence-electron chi connectivity index (χ3n) is 3.60. The topological polar surface area (TPSA) is 61.8 Å². The van der Waals surface area contributed by atoms with Crippen LogP contribution in [0.25, 0.3) is 22.2 Å². The van der Waals surface area contributed by atoms with Gasteiger partial charge in [-0.2, -0.15) is 5.10 Å². The number of nitrogens with one attached hydrogen (secondary N) is 1. The molecule has 0 radical (unpaired) electrons. The number of nitrogens with zero attached hydrogens (tertiary/aromatic N) is 2. The molecule has 2 N–H and O–H groups in total. The Morgan fingerprint density at radius 1 is 1.21 bits per heavy atom. The highest BCUT2D eigenvalue weighted by Gasteiger charge is 2.28. The van der Waals surface area contributed by atoms with Gasteiger partial charge in [0.25, 0.3) is 0 Å². The average molecular weight is 251 g/mol. The Bertz CT molecular complexity index is 759. The predicted octanol–water partition coefficient (Wildman–Crippen LogP) is 3.21. The zero-order chi connectivity index (χ0) is 12.8. The highest BCUT2D eigenvalue weighted by atomic mass is 16.3. The van der Waals surface area contributed by atoms with Gasteiger partial charge in [-0.3, -0.25) is 10.1 Å². The maximum Gasteiger partial charge on any atom is 0.116 e. The molecule has 1 aromatic carbocycles. The lowest BCUT2D eigenvalue weighted by molar-refractivity contribution is 0.475. The first-order valence-corrected chi connectivity index (χ1v) is 6.45. The van der Waals surface area contributed by atoms with Crippen molar-refractivity contribution in [3.05, 3.63) is 42.2 Å². The number of hydrogen-bond donors (Lipinski definition) is 2. The summed E-state index contributed by atoms with van der Waals surface area (Å²) in [7, 11) is 0. The summed E-state index contributed by atoms with van der Waals surface area (Å²) in [5.74, 6) is 0.845. The van der Waals surface area contributed by atoms with Crippen molar-refractivity contribution in [3.63, 3.8) is 0 Å². The predicted molar refractivity (Wildman–Crippen MR) is 73.0 cm³/mol. The maximum atomic E-state index is 9.64. The van der Waals surface area contributed by atoms with Gasteiger partial charge >= 0.3 is 0 Å². The van der Waals surface area contributed by atoms with Crippen molar-refractivity contribution in [2.75, 3.05) is 0 Å². The zero-order valence-electron chi connectivity index (χ0n) is 10.3. The van der Waals surface area contributed by atoms with Gasteiger partial charge in [0.05, 0.1) is 11.2 Å². The molecule has 4 rings (SSSR count). The normalized spacial score (nSPS) is 14.9. The molecule has 94 valence electrons. The first-order chi connectivity index (χ1) is 9.33. The third kappa shape index (κ3) is 1.68. The molecule has 1 aliphatic rings.